The van der Waals surface area contributed by atoms with Crippen LogP contribution in [-0.4, -0.2) is 36.0 Å². The normalized spacial score (nSPS) is 21.0. The largest absolute Gasteiger partial charge is 0.481 e. The van der Waals surface area contributed by atoms with Gasteiger partial charge in [-0.2, -0.15) is 0 Å². The minimum atomic E-state index is -0.880. The average Bonchev–Trinajstić information content (AvgIpc) is 2.58. The number of nitrogens with zero attached hydrogens (tertiary/aromatic N) is 1. The minimum absolute atomic E-state index is 0.397. The monoisotopic (exact) mass is 316 g/mol. The first-order chi connectivity index (χ1) is 11.0. The molecule has 2 fully saturated rings. The number of hydrogen-bond acceptors (Lipinski definition) is 3. The van der Waals surface area contributed by atoms with E-state index in [0.29, 0.717) is 31.6 Å². The highest BCUT2D eigenvalue weighted by atomic mass is 16.4. The molecule has 1 aliphatic carbocycles. The van der Waals surface area contributed by atoms with Crippen LogP contribution in [0.25, 0.3) is 0 Å². The van der Waals surface area contributed by atoms with Crippen LogP contribution in [0.2, 0.25) is 0 Å². The zero-order valence-corrected chi connectivity index (χ0v) is 12.9. The molecular formula is C17H20N2O4. The van der Waals surface area contributed by atoms with Crippen molar-refractivity contribution in [3.05, 3.63) is 29.8 Å². The fourth-order valence-electron chi connectivity index (χ4n) is 3.58. The van der Waals surface area contributed by atoms with Gasteiger partial charge in [0.15, 0.2) is 0 Å². The van der Waals surface area contributed by atoms with Crippen LogP contribution in [0.5, 0.6) is 0 Å². The van der Waals surface area contributed by atoms with Crippen molar-refractivity contribution < 1.29 is 19.5 Å². The summed E-state index contributed by atoms with van der Waals surface area (Å²) >= 11 is 0. The first-order valence-corrected chi connectivity index (χ1v) is 7.98. The van der Waals surface area contributed by atoms with Gasteiger partial charge in [0.05, 0.1) is 5.41 Å². The van der Waals surface area contributed by atoms with Crippen molar-refractivity contribution in [1.29, 1.82) is 0 Å². The fraction of sp³-hybridized carbons (Fsp3) is 0.471. The van der Waals surface area contributed by atoms with E-state index in [1.54, 1.807) is 18.2 Å². The number of amides is 2. The zero-order valence-electron chi connectivity index (χ0n) is 12.9. The van der Waals surface area contributed by atoms with Gasteiger partial charge in [-0.25, -0.2) is 0 Å². The predicted octanol–water partition coefficient (Wildman–Crippen LogP) is 1.44. The molecule has 23 heavy (non-hydrogen) atoms. The van der Waals surface area contributed by atoms with E-state index in [4.69, 9.17) is 0 Å². The molecular weight excluding hydrogens is 296 g/mol. The lowest BCUT2D eigenvalue weighted by atomic mass is 9.69. The molecule has 6 heteroatoms. The summed E-state index contributed by atoms with van der Waals surface area (Å²) in [6.45, 7) is 0.799. The highest BCUT2D eigenvalue weighted by Gasteiger charge is 2.41. The van der Waals surface area contributed by atoms with Crippen LogP contribution < -0.4 is 10.2 Å². The Morgan fingerprint density at radius 3 is 2.61 bits per heavy atom. The van der Waals surface area contributed by atoms with Gasteiger partial charge in [-0.15, -0.1) is 0 Å². The van der Waals surface area contributed by atoms with E-state index in [0.717, 1.165) is 24.8 Å². The Hall–Kier alpha value is -2.37. The maximum Gasteiger partial charge on any atom is 0.316 e. The van der Waals surface area contributed by atoms with Crippen LogP contribution in [0, 0.1) is 0 Å². The number of carboxylic acids is 1. The standard InChI is InChI=1S/C17H20N2O4/c20-14-15(21)19(10-9-18-14)13-6-4-5-12(11-13)17(16(22)23)7-2-1-3-8-17/h4-6,11H,1-3,7-10H2,(H,18,20)(H,22,23). The Balaban J connectivity index is 1.97. The van der Waals surface area contributed by atoms with E-state index in [1.807, 2.05) is 6.07 Å². The number of carbonyl (C=O) groups excluding carboxylic acids is 2. The third kappa shape index (κ3) is 2.69. The van der Waals surface area contributed by atoms with Crippen molar-refractivity contribution in [1.82, 2.24) is 5.32 Å². The second-order valence-corrected chi connectivity index (χ2v) is 6.21. The van der Waals surface area contributed by atoms with E-state index in [2.05, 4.69) is 5.32 Å². The maximum atomic E-state index is 12.0. The quantitative estimate of drug-likeness (QED) is 0.826. The van der Waals surface area contributed by atoms with E-state index in [9.17, 15) is 19.5 Å². The molecule has 1 saturated carbocycles. The van der Waals surface area contributed by atoms with E-state index in [-0.39, 0.29) is 0 Å². The van der Waals surface area contributed by atoms with Crippen LogP contribution in [0.3, 0.4) is 0 Å². The molecule has 1 aromatic carbocycles. The first-order valence-electron chi connectivity index (χ1n) is 7.98. The van der Waals surface area contributed by atoms with Crippen LogP contribution in [0.4, 0.5) is 5.69 Å². The Labute approximate surface area is 134 Å². The van der Waals surface area contributed by atoms with Crippen molar-refractivity contribution in [2.24, 2.45) is 0 Å². The minimum Gasteiger partial charge on any atom is -0.481 e. The molecule has 122 valence electrons. The molecule has 0 spiro atoms. The van der Waals surface area contributed by atoms with Gasteiger partial charge in [-0.3, -0.25) is 14.4 Å². The van der Waals surface area contributed by atoms with Gasteiger partial charge in [0.1, 0.15) is 0 Å². The lowest BCUT2D eigenvalue weighted by Gasteiger charge is -2.34. The average molecular weight is 316 g/mol. The molecule has 2 amide bonds. The number of carboxylic acid groups (broad SMARTS) is 1. The third-order valence-corrected chi connectivity index (χ3v) is 4.89. The van der Waals surface area contributed by atoms with E-state index >= 15 is 0 Å². The molecule has 0 unspecified atom stereocenters. The van der Waals surface area contributed by atoms with Crippen molar-refractivity contribution >= 4 is 23.5 Å². The molecule has 0 atom stereocenters. The van der Waals surface area contributed by atoms with Crippen LogP contribution in [0.15, 0.2) is 24.3 Å². The molecule has 1 heterocycles. The number of rotatable bonds is 3. The van der Waals surface area contributed by atoms with Gasteiger partial charge in [-0.1, -0.05) is 31.4 Å². The number of carbonyl (C=O) groups is 3. The lowest BCUT2D eigenvalue weighted by Crippen LogP contribution is -2.52. The molecule has 2 N–H and O–H groups in total. The molecule has 2 aliphatic rings. The molecule has 3 rings (SSSR count). The van der Waals surface area contributed by atoms with Crippen molar-refractivity contribution in [3.63, 3.8) is 0 Å². The first kappa shape index (κ1) is 15.5. The number of anilines is 1. The zero-order chi connectivity index (χ0) is 16.4. The Morgan fingerprint density at radius 1 is 1.17 bits per heavy atom. The highest BCUT2D eigenvalue weighted by Crippen LogP contribution is 2.40. The highest BCUT2D eigenvalue weighted by molar-refractivity contribution is 6.41. The number of nitrogens with one attached hydrogen (secondary N) is 1. The van der Waals surface area contributed by atoms with Crippen LogP contribution in [0.1, 0.15) is 37.7 Å². The Kier molecular flexibility index (Phi) is 4.07. The van der Waals surface area contributed by atoms with E-state index in [1.165, 1.54) is 4.90 Å². The Bertz CT molecular complexity index is 650. The number of benzene rings is 1. The summed E-state index contributed by atoms with van der Waals surface area (Å²) in [5.74, 6) is -2.02. The number of hydrogen-bond donors (Lipinski definition) is 2. The van der Waals surface area contributed by atoms with E-state index < -0.39 is 23.2 Å². The summed E-state index contributed by atoms with van der Waals surface area (Å²) in [6.07, 6.45) is 4.06. The topological polar surface area (TPSA) is 86.7 Å². The maximum absolute atomic E-state index is 12.0. The van der Waals surface area contributed by atoms with Crippen molar-refractivity contribution in [3.8, 4) is 0 Å². The van der Waals surface area contributed by atoms with Gasteiger partial charge in [0.2, 0.25) is 0 Å². The second kappa shape index (κ2) is 6.02. The number of piperazine rings is 1. The van der Waals surface area contributed by atoms with Gasteiger partial charge in [-0.05, 0) is 30.5 Å². The fourth-order valence-corrected chi connectivity index (χ4v) is 3.58. The Morgan fingerprint density at radius 2 is 1.91 bits per heavy atom. The molecule has 6 nitrogen and oxygen atoms in total. The SMILES string of the molecule is O=C1NCCN(c2cccc(C3(C(=O)O)CCCCC3)c2)C1=O. The van der Waals surface area contributed by atoms with Gasteiger partial charge in [0, 0.05) is 18.8 Å². The molecule has 1 saturated heterocycles. The molecule has 1 aromatic rings. The summed E-state index contributed by atoms with van der Waals surface area (Å²) in [7, 11) is 0. The number of aliphatic carboxylic acids is 1. The summed E-state index contributed by atoms with van der Waals surface area (Å²) in [5, 5.41) is 12.3. The lowest BCUT2D eigenvalue weighted by molar-refractivity contribution is -0.145. The summed E-state index contributed by atoms with van der Waals surface area (Å²) in [6, 6.07) is 7.09. The van der Waals surface area contributed by atoms with Gasteiger partial charge in [0.25, 0.3) is 0 Å². The van der Waals surface area contributed by atoms with Crippen LogP contribution in [-0.2, 0) is 19.8 Å². The smallest absolute Gasteiger partial charge is 0.316 e. The predicted molar refractivity (Wildman–Crippen MR) is 84.2 cm³/mol. The summed E-state index contributed by atoms with van der Waals surface area (Å²) in [4.78, 5) is 36.9. The van der Waals surface area contributed by atoms with Crippen LogP contribution >= 0.6 is 0 Å². The summed E-state index contributed by atoms with van der Waals surface area (Å²) < 4.78 is 0. The van der Waals surface area contributed by atoms with Gasteiger partial charge >= 0.3 is 17.8 Å². The van der Waals surface area contributed by atoms with Crippen molar-refractivity contribution in [2.45, 2.75) is 37.5 Å². The van der Waals surface area contributed by atoms with Gasteiger partial charge < -0.3 is 15.3 Å². The third-order valence-electron chi connectivity index (χ3n) is 4.89. The molecule has 0 bridgehead atoms. The summed E-state index contributed by atoms with van der Waals surface area (Å²) in [5.41, 5.74) is 0.435. The molecule has 1 aliphatic heterocycles. The van der Waals surface area contributed by atoms with Crippen molar-refractivity contribution in [2.75, 3.05) is 18.0 Å². The second-order valence-electron chi connectivity index (χ2n) is 6.21. The molecule has 0 radical (unpaired) electrons. The molecule has 0 aromatic heterocycles.